The van der Waals surface area contributed by atoms with E-state index in [1.165, 1.54) is 0 Å². The average molecular weight is 224 g/mol. The van der Waals surface area contributed by atoms with Crippen LogP contribution in [-0.4, -0.2) is 11.0 Å². The lowest BCUT2D eigenvalue weighted by Crippen LogP contribution is -2.17. The smallest absolute Gasteiger partial charge is 0.161 e. The topological polar surface area (TPSA) is 48.7 Å². The maximum Gasteiger partial charge on any atom is 0.161 e. The van der Waals surface area contributed by atoms with Crippen LogP contribution in [0.25, 0.3) is 0 Å². The van der Waals surface area contributed by atoms with E-state index in [-0.39, 0.29) is 5.69 Å². The van der Waals surface area contributed by atoms with Gasteiger partial charge in [0.25, 0.3) is 0 Å². The first-order chi connectivity index (χ1) is 7.21. The van der Waals surface area contributed by atoms with Gasteiger partial charge in [-0.25, -0.2) is 4.98 Å². The van der Waals surface area contributed by atoms with E-state index < -0.39 is 0 Å². The van der Waals surface area contributed by atoms with Crippen molar-refractivity contribution in [2.45, 2.75) is 32.7 Å². The van der Waals surface area contributed by atoms with Gasteiger partial charge in [-0.05, 0) is 25.0 Å². The normalized spacial score (nSPS) is 10.1. The van der Waals surface area contributed by atoms with Crippen molar-refractivity contribution in [3.63, 3.8) is 0 Å². The molecule has 0 bridgehead atoms. The number of nitrogens with zero attached hydrogens (tertiary/aromatic N) is 2. The third-order valence-corrected chi connectivity index (χ3v) is 2.59. The summed E-state index contributed by atoms with van der Waals surface area (Å²) in [6.07, 6.45) is 2.06. The molecule has 3 nitrogen and oxygen atoms in total. The second kappa shape index (κ2) is 5.57. The van der Waals surface area contributed by atoms with Crippen molar-refractivity contribution in [3.8, 4) is 6.07 Å². The van der Waals surface area contributed by atoms with Crippen LogP contribution in [0.1, 0.15) is 32.4 Å². The highest BCUT2D eigenvalue weighted by atomic mass is 35.5. The van der Waals surface area contributed by atoms with Crippen molar-refractivity contribution in [2.75, 3.05) is 5.32 Å². The van der Waals surface area contributed by atoms with E-state index in [2.05, 4.69) is 24.1 Å². The van der Waals surface area contributed by atoms with Gasteiger partial charge in [0.05, 0.1) is 5.02 Å². The van der Waals surface area contributed by atoms with Crippen molar-refractivity contribution in [3.05, 3.63) is 22.8 Å². The molecule has 0 saturated heterocycles. The van der Waals surface area contributed by atoms with Crippen molar-refractivity contribution in [1.82, 2.24) is 4.98 Å². The molecule has 1 heterocycles. The molecule has 4 heteroatoms. The molecular formula is C11H14ClN3. The molecule has 80 valence electrons. The molecule has 0 aliphatic heterocycles. The largest absolute Gasteiger partial charge is 0.367 e. The van der Waals surface area contributed by atoms with Crippen molar-refractivity contribution in [2.24, 2.45) is 0 Å². The molecule has 0 aromatic carbocycles. The second-order valence-electron chi connectivity index (χ2n) is 3.30. The van der Waals surface area contributed by atoms with E-state index in [9.17, 15) is 0 Å². The third kappa shape index (κ3) is 3.10. The molecule has 1 aromatic rings. The van der Waals surface area contributed by atoms with Gasteiger partial charge >= 0.3 is 0 Å². The molecule has 1 rings (SSSR count). The Morgan fingerprint density at radius 1 is 1.47 bits per heavy atom. The quantitative estimate of drug-likeness (QED) is 0.853. The fourth-order valence-corrected chi connectivity index (χ4v) is 1.45. The zero-order chi connectivity index (χ0) is 11.3. The molecule has 0 atom stereocenters. The van der Waals surface area contributed by atoms with Gasteiger partial charge in [-0.1, -0.05) is 25.4 Å². The van der Waals surface area contributed by atoms with E-state index in [4.69, 9.17) is 16.9 Å². The van der Waals surface area contributed by atoms with Gasteiger partial charge in [-0.3, -0.25) is 0 Å². The highest BCUT2D eigenvalue weighted by Gasteiger charge is 2.06. The Labute approximate surface area is 95.1 Å². The SMILES string of the molecule is CCC(CC)Nc1ccc(Cl)c(C#N)n1. The molecule has 0 aliphatic rings. The predicted octanol–water partition coefficient (Wildman–Crippen LogP) is 3.21. The lowest BCUT2D eigenvalue weighted by molar-refractivity contribution is 0.668. The number of hydrogen-bond acceptors (Lipinski definition) is 3. The molecule has 0 aliphatic carbocycles. The lowest BCUT2D eigenvalue weighted by atomic mass is 10.2. The first-order valence-electron chi connectivity index (χ1n) is 5.04. The number of pyridine rings is 1. The molecule has 1 N–H and O–H groups in total. The number of nitrogens with one attached hydrogen (secondary N) is 1. The second-order valence-corrected chi connectivity index (χ2v) is 3.70. The van der Waals surface area contributed by atoms with Crippen LogP contribution >= 0.6 is 11.6 Å². The highest BCUT2D eigenvalue weighted by molar-refractivity contribution is 6.31. The van der Waals surface area contributed by atoms with Crippen LogP contribution in [0, 0.1) is 11.3 Å². The molecule has 15 heavy (non-hydrogen) atoms. The van der Waals surface area contributed by atoms with E-state index in [1.807, 2.05) is 6.07 Å². The van der Waals surface area contributed by atoms with Crippen LogP contribution in [0.3, 0.4) is 0 Å². The molecule has 0 spiro atoms. The summed E-state index contributed by atoms with van der Waals surface area (Å²) in [5.41, 5.74) is 0.271. The number of nitriles is 1. The summed E-state index contributed by atoms with van der Waals surface area (Å²) in [7, 11) is 0. The molecular weight excluding hydrogens is 210 g/mol. The van der Waals surface area contributed by atoms with Crippen LogP contribution < -0.4 is 5.32 Å². The van der Waals surface area contributed by atoms with Gasteiger partial charge < -0.3 is 5.32 Å². The summed E-state index contributed by atoms with van der Waals surface area (Å²) in [4.78, 5) is 4.12. The number of rotatable bonds is 4. The van der Waals surface area contributed by atoms with Gasteiger partial charge in [0, 0.05) is 6.04 Å². The highest BCUT2D eigenvalue weighted by Crippen LogP contribution is 2.17. The summed E-state index contributed by atoms with van der Waals surface area (Å²) < 4.78 is 0. The fourth-order valence-electron chi connectivity index (χ4n) is 1.30. The Morgan fingerprint density at radius 2 is 2.13 bits per heavy atom. The molecule has 0 saturated carbocycles. The van der Waals surface area contributed by atoms with Crippen LogP contribution in [0.5, 0.6) is 0 Å². The third-order valence-electron chi connectivity index (χ3n) is 2.29. The number of halogens is 1. The Bertz CT molecular complexity index is 367. The van der Waals surface area contributed by atoms with Gasteiger partial charge in [0.15, 0.2) is 5.69 Å². The van der Waals surface area contributed by atoms with Gasteiger partial charge in [0.1, 0.15) is 11.9 Å². The maximum atomic E-state index is 8.77. The summed E-state index contributed by atoms with van der Waals surface area (Å²) in [6.45, 7) is 4.23. The minimum atomic E-state index is 0.271. The Hall–Kier alpha value is -1.27. The van der Waals surface area contributed by atoms with E-state index in [1.54, 1.807) is 12.1 Å². The molecule has 0 unspecified atom stereocenters. The van der Waals surface area contributed by atoms with Crippen molar-refractivity contribution < 1.29 is 0 Å². The fraction of sp³-hybridized carbons (Fsp3) is 0.455. The lowest BCUT2D eigenvalue weighted by Gasteiger charge is -2.15. The average Bonchev–Trinajstić information content (AvgIpc) is 2.28. The molecule has 0 fully saturated rings. The summed E-state index contributed by atoms with van der Waals surface area (Å²) in [6, 6.07) is 5.84. The Kier molecular flexibility index (Phi) is 4.38. The van der Waals surface area contributed by atoms with Crippen LogP contribution in [-0.2, 0) is 0 Å². The Balaban J connectivity index is 2.83. The first kappa shape index (κ1) is 11.8. The standard InChI is InChI=1S/C11H14ClN3/c1-3-8(4-2)14-11-6-5-9(12)10(7-13)15-11/h5-6,8H,3-4H2,1-2H3,(H,14,15). The van der Waals surface area contributed by atoms with Crippen LogP contribution in [0.4, 0.5) is 5.82 Å². The Morgan fingerprint density at radius 3 is 2.67 bits per heavy atom. The number of aromatic nitrogens is 1. The van der Waals surface area contributed by atoms with E-state index >= 15 is 0 Å². The van der Waals surface area contributed by atoms with Crippen LogP contribution in [0.2, 0.25) is 5.02 Å². The molecule has 0 radical (unpaired) electrons. The maximum absolute atomic E-state index is 8.77. The number of hydrogen-bond donors (Lipinski definition) is 1. The minimum Gasteiger partial charge on any atom is -0.367 e. The predicted molar refractivity (Wildman–Crippen MR) is 62.0 cm³/mol. The van der Waals surface area contributed by atoms with Gasteiger partial charge in [-0.15, -0.1) is 0 Å². The minimum absolute atomic E-state index is 0.271. The monoisotopic (exact) mass is 223 g/mol. The van der Waals surface area contributed by atoms with E-state index in [0.29, 0.717) is 16.9 Å². The summed E-state index contributed by atoms with van der Waals surface area (Å²) in [5.74, 6) is 0.713. The summed E-state index contributed by atoms with van der Waals surface area (Å²) >= 11 is 5.79. The summed E-state index contributed by atoms with van der Waals surface area (Å²) in [5, 5.41) is 12.4. The molecule has 0 amide bonds. The number of anilines is 1. The molecule has 1 aromatic heterocycles. The van der Waals surface area contributed by atoms with Gasteiger partial charge in [0.2, 0.25) is 0 Å². The van der Waals surface area contributed by atoms with Crippen LogP contribution in [0.15, 0.2) is 12.1 Å². The van der Waals surface area contributed by atoms with Gasteiger partial charge in [-0.2, -0.15) is 5.26 Å². The first-order valence-corrected chi connectivity index (χ1v) is 5.42. The zero-order valence-electron chi connectivity index (χ0n) is 8.92. The van der Waals surface area contributed by atoms with Crippen molar-refractivity contribution >= 4 is 17.4 Å². The zero-order valence-corrected chi connectivity index (χ0v) is 9.67. The van der Waals surface area contributed by atoms with Crippen molar-refractivity contribution in [1.29, 1.82) is 5.26 Å². The van der Waals surface area contributed by atoms with E-state index in [0.717, 1.165) is 12.8 Å².